The summed E-state index contributed by atoms with van der Waals surface area (Å²) in [5.74, 6) is 0.189. The van der Waals surface area contributed by atoms with Crippen LogP contribution in [0.1, 0.15) is 37.9 Å². The van der Waals surface area contributed by atoms with Gasteiger partial charge >= 0.3 is 5.97 Å². The van der Waals surface area contributed by atoms with Crippen LogP contribution < -0.4 is 24.5 Å². The lowest BCUT2D eigenvalue weighted by Gasteiger charge is -2.24. The van der Waals surface area contributed by atoms with E-state index in [1.807, 2.05) is 54.6 Å². The summed E-state index contributed by atoms with van der Waals surface area (Å²) in [6.07, 6.45) is 1.83. The Bertz CT molecular complexity index is 1450. The highest BCUT2D eigenvalue weighted by Crippen LogP contribution is 2.30. The fourth-order valence-corrected chi connectivity index (χ4v) is 5.43. The fourth-order valence-electron chi connectivity index (χ4n) is 4.39. The van der Waals surface area contributed by atoms with Crippen molar-refractivity contribution in [2.24, 2.45) is 4.99 Å². The van der Waals surface area contributed by atoms with Gasteiger partial charge in [-0.15, -0.1) is 0 Å². The van der Waals surface area contributed by atoms with E-state index in [0.717, 1.165) is 29.9 Å². The van der Waals surface area contributed by atoms with Crippen molar-refractivity contribution in [3.8, 4) is 5.75 Å². The number of aromatic nitrogens is 1. The Morgan fingerprint density at radius 3 is 2.49 bits per heavy atom. The van der Waals surface area contributed by atoms with E-state index in [9.17, 15) is 9.59 Å². The second-order valence-corrected chi connectivity index (χ2v) is 9.09. The first-order valence-corrected chi connectivity index (χ1v) is 12.3. The molecule has 0 saturated heterocycles. The Hall–Kier alpha value is -3.65. The van der Waals surface area contributed by atoms with E-state index in [4.69, 9.17) is 9.47 Å². The summed E-state index contributed by atoms with van der Waals surface area (Å²) in [7, 11) is 2.96. The molecular formula is C27H29N3O4S. The van der Waals surface area contributed by atoms with Gasteiger partial charge in [0.2, 0.25) is 0 Å². The van der Waals surface area contributed by atoms with Gasteiger partial charge in [-0.2, -0.15) is 0 Å². The number of carbonyl (C=O) groups excluding carboxylic acids is 1. The third-order valence-corrected chi connectivity index (χ3v) is 7.16. The Morgan fingerprint density at radius 1 is 1.14 bits per heavy atom. The predicted molar refractivity (Wildman–Crippen MR) is 139 cm³/mol. The lowest BCUT2D eigenvalue weighted by Crippen LogP contribution is -2.39. The van der Waals surface area contributed by atoms with E-state index < -0.39 is 12.0 Å². The minimum Gasteiger partial charge on any atom is -0.496 e. The number of hydrogen-bond donors (Lipinski definition) is 0. The van der Waals surface area contributed by atoms with Crippen molar-refractivity contribution in [1.82, 2.24) is 4.57 Å². The van der Waals surface area contributed by atoms with Gasteiger partial charge in [0.1, 0.15) is 5.75 Å². The number of methoxy groups -OCH3 is 2. The molecule has 4 rings (SSSR count). The zero-order valence-electron chi connectivity index (χ0n) is 20.6. The SMILES string of the molecule is CCN(CC)c1ccc(/C=c2\sc3n(c2=O)[C@@H](c2ccccc2)C(C(=O)OC)=C(C)N=3)c(OC)c1. The van der Waals surface area contributed by atoms with E-state index in [-0.39, 0.29) is 5.56 Å². The minimum absolute atomic E-state index is 0.216. The molecule has 35 heavy (non-hydrogen) atoms. The normalized spacial score (nSPS) is 15.5. The van der Waals surface area contributed by atoms with Crippen molar-refractivity contribution in [2.75, 3.05) is 32.2 Å². The molecule has 1 atom stereocenters. The number of rotatable bonds is 7. The third-order valence-electron chi connectivity index (χ3n) is 6.17. The van der Waals surface area contributed by atoms with Crippen LogP contribution in [0.15, 0.2) is 69.6 Å². The summed E-state index contributed by atoms with van der Waals surface area (Å²) in [6, 6.07) is 14.8. The van der Waals surface area contributed by atoms with Crippen LogP contribution in [0.25, 0.3) is 6.08 Å². The number of ether oxygens (including phenoxy) is 2. The third kappa shape index (κ3) is 4.53. The van der Waals surface area contributed by atoms with E-state index in [2.05, 4.69) is 23.7 Å². The highest BCUT2D eigenvalue weighted by molar-refractivity contribution is 7.07. The molecule has 182 valence electrons. The molecule has 0 fully saturated rings. The van der Waals surface area contributed by atoms with Crippen molar-refractivity contribution in [1.29, 1.82) is 0 Å². The largest absolute Gasteiger partial charge is 0.496 e. The molecule has 0 bridgehead atoms. The Kier molecular flexibility index (Phi) is 7.21. The first-order valence-electron chi connectivity index (χ1n) is 11.5. The van der Waals surface area contributed by atoms with Gasteiger partial charge in [0.25, 0.3) is 5.56 Å². The molecule has 0 amide bonds. The summed E-state index contributed by atoms with van der Waals surface area (Å²) in [4.78, 5) is 33.8. The van der Waals surface area contributed by atoms with Gasteiger partial charge in [0, 0.05) is 30.4 Å². The fraction of sp³-hybridized carbons (Fsp3) is 0.296. The molecule has 2 aromatic carbocycles. The topological polar surface area (TPSA) is 73.1 Å². The second kappa shape index (κ2) is 10.3. The molecule has 0 unspecified atom stereocenters. The molecular weight excluding hydrogens is 462 g/mol. The monoisotopic (exact) mass is 491 g/mol. The van der Waals surface area contributed by atoms with Crippen LogP contribution >= 0.6 is 11.3 Å². The summed E-state index contributed by atoms with van der Waals surface area (Å²) < 4.78 is 12.8. The molecule has 0 spiro atoms. The highest BCUT2D eigenvalue weighted by atomic mass is 32.1. The number of esters is 1. The van der Waals surface area contributed by atoms with E-state index >= 15 is 0 Å². The van der Waals surface area contributed by atoms with Crippen LogP contribution in [0.5, 0.6) is 5.75 Å². The average molecular weight is 492 g/mol. The zero-order chi connectivity index (χ0) is 25.1. The molecule has 1 aliphatic heterocycles. The maximum Gasteiger partial charge on any atom is 0.338 e. The molecule has 2 heterocycles. The molecule has 1 aliphatic rings. The average Bonchev–Trinajstić information content (AvgIpc) is 3.18. The number of fused-ring (bicyclic) bond motifs is 1. The highest BCUT2D eigenvalue weighted by Gasteiger charge is 2.32. The predicted octanol–water partition coefficient (Wildman–Crippen LogP) is 3.26. The van der Waals surface area contributed by atoms with Crippen LogP contribution in [0.2, 0.25) is 0 Å². The van der Waals surface area contributed by atoms with E-state index in [1.165, 1.54) is 18.4 Å². The summed E-state index contributed by atoms with van der Waals surface area (Å²) in [6.45, 7) is 7.77. The Balaban J connectivity index is 1.90. The Labute approximate surface area is 208 Å². The summed E-state index contributed by atoms with van der Waals surface area (Å²) in [5, 5.41) is 0. The molecule has 3 aromatic rings. The van der Waals surface area contributed by atoms with Crippen LogP contribution in [0.3, 0.4) is 0 Å². The van der Waals surface area contributed by atoms with E-state index in [1.54, 1.807) is 18.6 Å². The number of anilines is 1. The number of thiazole rings is 1. The summed E-state index contributed by atoms with van der Waals surface area (Å²) in [5.41, 5.74) is 3.36. The van der Waals surface area contributed by atoms with Crippen molar-refractivity contribution < 1.29 is 14.3 Å². The van der Waals surface area contributed by atoms with Crippen molar-refractivity contribution in [3.05, 3.63) is 90.6 Å². The maximum atomic E-state index is 13.7. The minimum atomic E-state index is -0.617. The van der Waals surface area contributed by atoms with Gasteiger partial charge in [0.15, 0.2) is 4.80 Å². The van der Waals surface area contributed by atoms with Gasteiger partial charge in [-0.1, -0.05) is 41.7 Å². The van der Waals surface area contributed by atoms with Crippen molar-refractivity contribution >= 4 is 29.1 Å². The molecule has 7 nitrogen and oxygen atoms in total. The summed E-state index contributed by atoms with van der Waals surface area (Å²) >= 11 is 1.29. The van der Waals surface area contributed by atoms with Crippen LogP contribution in [0, 0.1) is 0 Å². The number of nitrogens with zero attached hydrogens (tertiary/aromatic N) is 3. The lowest BCUT2D eigenvalue weighted by molar-refractivity contribution is -0.136. The first kappa shape index (κ1) is 24.5. The number of carbonyl (C=O) groups is 1. The van der Waals surface area contributed by atoms with Crippen molar-refractivity contribution in [2.45, 2.75) is 26.8 Å². The van der Waals surface area contributed by atoms with Gasteiger partial charge in [-0.05, 0) is 44.5 Å². The quantitative estimate of drug-likeness (QED) is 0.475. The first-order chi connectivity index (χ1) is 16.9. The van der Waals surface area contributed by atoms with Gasteiger partial charge in [-0.25, -0.2) is 9.79 Å². The number of hydrogen-bond acceptors (Lipinski definition) is 7. The zero-order valence-corrected chi connectivity index (χ0v) is 21.4. The standard InChI is InChI=1S/C27H29N3O4S/c1-6-29(7-2)20-14-13-19(21(16-20)33-4)15-22-25(31)30-24(18-11-9-8-10-12-18)23(26(32)34-5)17(3)28-27(30)35-22/h8-16,24H,6-7H2,1-5H3/b22-15-/t24-/m0/s1. The molecule has 1 aromatic heterocycles. The van der Waals surface area contributed by atoms with Gasteiger partial charge in [0.05, 0.1) is 36.1 Å². The van der Waals surface area contributed by atoms with Crippen LogP contribution in [0.4, 0.5) is 5.69 Å². The molecule has 0 saturated carbocycles. The number of benzene rings is 2. The van der Waals surface area contributed by atoms with Gasteiger partial charge < -0.3 is 14.4 Å². The lowest BCUT2D eigenvalue weighted by atomic mass is 9.96. The van der Waals surface area contributed by atoms with Crippen LogP contribution in [-0.2, 0) is 9.53 Å². The molecule has 0 N–H and O–H groups in total. The molecule has 0 aliphatic carbocycles. The van der Waals surface area contributed by atoms with E-state index in [0.29, 0.717) is 26.4 Å². The molecule has 0 radical (unpaired) electrons. The maximum absolute atomic E-state index is 13.7. The second-order valence-electron chi connectivity index (χ2n) is 8.08. The Morgan fingerprint density at radius 2 is 1.86 bits per heavy atom. The van der Waals surface area contributed by atoms with Crippen LogP contribution in [-0.4, -0.2) is 37.8 Å². The molecule has 8 heteroatoms. The number of allylic oxidation sites excluding steroid dienone is 1. The van der Waals surface area contributed by atoms with Gasteiger partial charge in [-0.3, -0.25) is 9.36 Å². The van der Waals surface area contributed by atoms with Crippen molar-refractivity contribution in [3.63, 3.8) is 0 Å². The smallest absolute Gasteiger partial charge is 0.338 e.